The van der Waals surface area contributed by atoms with E-state index in [9.17, 15) is 5.11 Å². The van der Waals surface area contributed by atoms with Gasteiger partial charge in [0.2, 0.25) is 0 Å². The van der Waals surface area contributed by atoms with Crippen molar-refractivity contribution < 1.29 is 5.11 Å². The van der Waals surface area contributed by atoms with Gasteiger partial charge in [-0.2, -0.15) is 0 Å². The summed E-state index contributed by atoms with van der Waals surface area (Å²) in [6, 6.07) is 0.260. The molecule has 0 radical (unpaired) electrons. The van der Waals surface area contributed by atoms with Crippen molar-refractivity contribution >= 4 is 12.6 Å². The molecule has 0 heterocycles. The summed E-state index contributed by atoms with van der Waals surface area (Å²) in [5.74, 6) is 0. The van der Waals surface area contributed by atoms with Gasteiger partial charge in [0.1, 0.15) is 6.23 Å². The minimum atomic E-state index is -0.394. The Bertz CT molecular complexity index is 201. The van der Waals surface area contributed by atoms with Crippen LogP contribution >= 0.6 is 12.6 Å². The van der Waals surface area contributed by atoms with Crippen LogP contribution in [0.3, 0.4) is 0 Å². The molecule has 0 aromatic carbocycles. The first kappa shape index (κ1) is 9.84. The molecule has 0 unspecified atom stereocenters. The predicted octanol–water partition coefficient (Wildman–Crippen LogP) is 1.45. The molecule has 68 valence electrons. The molecule has 2 N–H and O–H groups in total. The van der Waals surface area contributed by atoms with Crippen LogP contribution in [0.4, 0.5) is 0 Å². The first-order chi connectivity index (χ1) is 5.72. The van der Waals surface area contributed by atoms with E-state index >= 15 is 0 Å². The second-order valence-electron chi connectivity index (χ2n) is 2.92. The molecule has 2 nitrogen and oxygen atoms in total. The fourth-order valence-electron chi connectivity index (χ4n) is 1.10. The smallest absolute Gasteiger partial charge is 0.105 e. The van der Waals surface area contributed by atoms with Gasteiger partial charge in [0.15, 0.2) is 0 Å². The van der Waals surface area contributed by atoms with Gasteiger partial charge in [-0.3, -0.25) is 5.32 Å². The van der Waals surface area contributed by atoms with Crippen molar-refractivity contribution in [2.45, 2.75) is 32.0 Å². The molecule has 0 saturated heterocycles. The molecule has 0 spiro atoms. The lowest BCUT2D eigenvalue weighted by molar-refractivity contribution is 0.125. The summed E-state index contributed by atoms with van der Waals surface area (Å²) in [6.45, 7) is 1.95. The summed E-state index contributed by atoms with van der Waals surface area (Å²) in [7, 11) is 0. The highest BCUT2D eigenvalue weighted by Gasteiger charge is 2.09. The number of hydrogen-bond acceptors (Lipinski definition) is 3. The lowest BCUT2D eigenvalue weighted by atomic mass is 10.1. The molecule has 0 aliphatic heterocycles. The Morgan fingerprint density at radius 1 is 1.83 bits per heavy atom. The van der Waals surface area contributed by atoms with Gasteiger partial charge in [0.05, 0.1) is 0 Å². The largest absolute Gasteiger partial charge is 0.379 e. The van der Waals surface area contributed by atoms with E-state index in [2.05, 4.69) is 17.9 Å². The van der Waals surface area contributed by atoms with Gasteiger partial charge < -0.3 is 5.11 Å². The van der Waals surface area contributed by atoms with Crippen LogP contribution in [-0.4, -0.2) is 17.4 Å². The number of allylic oxidation sites excluding steroid dienone is 1. The molecule has 1 aliphatic rings. The molecule has 1 rings (SSSR count). The highest BCUT2D eigenvalue weighted by Crippen LogP contribution is 2.13. The fraction of sp³-hybridized carbons (Fsp3) is 0.556. The fourth-order valence-corrected chi connectivity index (χ4v) is 1.29. The molecule has 1 aliphatic carbocycles. The van der Waals surface area contributed by atoms with Crippen molar-refractivity contribution in [3.8, 4) is 0 Å². The number of hydrogen-bond donors (Lipinski definition) is 3. The molecule has 0 amide bonds. The van der Waals surface area contributed by atoms with Crippen LogP contribution < -0.4 is 5.32 Å². The average molecular weight is 185 g/mol. The number of aliphatic hydroxyl groups excluding tert-OH is 1. The number of nitrogens with one attached hydrogen (secondary N) is 1. The zero-order chi connectivity index (χ0) is 8.97. The molecular weight excluding hydrogens is 170 g/mol. The van der Waals surface area contributed by atoms with Crippen molar-refractivity contribution in [1.29, 1.82) is 0 Å². The maximum Gasteiger partial charge on any atom is 0.105 e. The van der Waals surface area contributed by atoms with Gasteiger partial charge in [-0.15, -0.1) is 12.6 Å². The summed E-state index contributed by atoms with van der Waals surface area (Å²) in [4.78, 5) is 0.999. The second-order valence-corrected chi connectivity index (χ2v) is 3.44. The van der Waals surface area contributed by atoms with Gasteiger partial charge in [-0.1, -0.05) is 25.2 Å². The van der Waals surface area contributed by atoms with E-state index in [0.29, 0.717) is 0 Å². The van der Waals surface area contributed by atoms with E-state index < -0.39 is 6.23 Å². The Morgan fingerprint density at radius 2 is 2.58 bits per heavy atom. The van der Waals surface area contributed by atoms with Gasteiger partial charge in [-0.05, 0) is 17.7 Å². The van der Waals surface area contributed by atoms with Gasteiger partial charge in [0.25, 0.3) is 0 Å². The third-order valence-electron chi connectivity index (χ3n) is 1.87. The van der Waals surface area contributed by atoms with Crippen LogP contribution in [0.15, 0.2) is 23.1 Å². The lowest BCUT2D eigenvalue weighted by Gasteiger charge is -2.19. The first-order valence-electron chi connectivity index (χ1n) is 4.24. The maximum absolute atomic E-state index is 9.29. The molecule has 0 fully saturated rings. The van der Waals surface area contributed by atoms with Crippen LogP contribution in [0.25, 0.3) is 0 Å². The van der Waals surface area contributed by atoms with Crippen molar-refractivity contribution in [3.05, 3.63) is 23.1 Å². The van der Waals surface area contributed by atoms with E-state index in [4.69, 9.17) is 0 Å². The van der Waals surface area contributed by atoms with E-state index in [0.717, 1.165) is 17.7 Å². The van der Waals surface area contributed by atoms with Crippen molar-refractivity contribution in [3.63, 3.8) is 0 Å². The topological polar surface area (TPSA) is 32.3 Å². The van der Waals surface area contributed by atoms with Gasteiger partial charge >= 0.3 is 0 Å². The Hall–Kier alpha value is -0.250. The molecule has 2 atom stereocenters. The SMILES string of the molecule is CC[C@@H](O)N[C@@H]1C=CC(S)=CC1. The summed E-state index contributed by atoms with van der Waals surface area (Å²) in [6.07, 6.45) is 7.28. The Labute approximate surface area is 78.8 Å². The number of thiol groups is 1. The monoisotopic (exact) mass is 185 g/mol. The molecule has 0 saturated carbocycles. The molecule has 3 heteroatoms. The average Bonchev–Trinajstić information content (AvgIpc) is 2.09. The van der Waals surface area contributed by atoms with Crippen LogP contribution in [0, 0.1) is 0 Å². The lowest BCUT2D eigenvalue weighted by Crippen LogP contribution is -2.36. The highest BCUT2D eigenvalue weighted by atomic mass is 32.1. The second kappa shape index (κ2) is 4.70. The van der Waals surface area contributed by atoms with Crippen LogP contribution in [0.5, 0.6) is 0 Å². The van der Waals surface area contributed by atoms with Crippen LogP contribution in [0.1, 0.15) is 19.8 Å². The van der Waals surface area contributed by atoms with Gasteiger partial charge in [-0.25, -0.2) is 0 Å². The Morgan fingerprint density at radius 3 is 3.08 bits per heavy atom. The van der Waals surface area contributed by atoms with Crippen molar-refractivity contribution in [2.24, 2.45) is 0 Å². The van der Waals surface area contributed by atoms with E-state index in [-0.39, 0.29) is 6.04 Å². The first-order valence-corrected chi connectivity index (χ1v) is 4.68. The summed E-state index contributed by atoms with van der Waals surface area (Å²) in [5.41, 5.74) is 0. The molecule has 0 aromatic rings. The third kappa shape index (κ3) is 3.01. The Balaban J connectivity index is 2.33. The van der Waals surface area contributed by atoms with Crippen LogP contribution in [0.2, 0.25) is 0 Å². The van der Waals surface area contributed by atoms with Crippen molar-refractivity contribution in [2.75, 3.05) is 0 Å². The van der Waals surface area contributed by atoms with Crippen LogP contribution in [-0.2, 0) is 0 Å². The van der Waals surface area contributed by atoms with E-state index in [1.54, 1.807) is 0 Å². The standard InChI is InChI=1S/C9H15NOS/c1-2-9(11)10-7-3-5-8(12)6-4-7/h3,5-7,9-12H,2,4H2,1H3/t7-,9-/m1/s1. The highest BCUT2D eigenvalue weighted by molar-refractivity contribution is 7.84. The minimum absolute atomic E-state index is 0.260. The molecular formula is C9H15NOS. The molecule has 0 aromatic heterocycles. The maximum atomic E-state index is 9.29. The zero-order valence-corrected chi connectivity index (χ0v) is 8.09. The van der Waals surface area contributed by atoms with E-state index in [1.165, 1.54) is 0 Å². The minimum Gasteiger partial charge on any atom is -0.379 e. The predicted molar refractivity (Wildman–Crippen MR) is 54.0 cm³/mol. The summed E-state index contributed by atoms with van der Waals surface area (Å²) in [5, 5.41) is 12.4. The molecule has 0 bridgehead atoms. The summed E-state index contributed by atoms with van der Waals surface area (Å²) >= 11 is 4.20. The number of rotatable bonds is 3. The summed E-state index contributed by atoms with van der Waals surface area (Å²) < 4.78 is 0. The quantitative estimate of drug-likeness (QED) is 0.459. The number of aliphatic hydroxyl groups is 1. The zero-order valence-electron chi connectivity index (χ0n) is 7.20. The normalized spacial score (nSPS) is 25.2. The van der Waals surface area contributed by atoms with Crippen molar-refractivity contribution in [1.82, 2.24) is 5.32 Å². The Kier molecular flexibility index (Phi) is 3.85. The van der Waals surface area contributed by atoms with E-state index in [1.807, 2.05) is 25.2 Å². The third-order valence-corrected chi connectivity index (χ3v) is 2.21. The van der Waals surface area contributed by atoms with Gasteiger partial charge in [0, 0.05) is 6.04 Å². The molecule has 12 heavy (non-hydrogen) atoms.